The molecule has 0 bridgehead atoms. The maximum Gasteiger partial charge on any atom is 0.697 e. The van der Waals surface area contributed by atoms with E-state index in [1.807, 2.05) is 0 Å². The molecule has 0 saturated heterocycles. The summed E-state index contributed by atoms with van der Waals surface area (Å²) < 4.78 is 20.9. The van der Waals surface area contributed by atoms with Gasteiger partial charge in [0.05, 0.1) is 0 Å². The van der Waals surface area contributed by atoms with Crippen molar-refractivity contribution in [2.75, 3.05) is 26.3 Å². The monoisotopic (exact) mass is 223 g/mol. The number of nitrogens with two attached hydrogens (primary N) is 2. The molecule has 0 amide bonds. The zero-order chi connectivity index (χ0) is 10.6. The first-order chi connectivity index (χ1) is 6.81. The molecule has 0 heterocycles. The molecule has 0 unspecified atom stereocenters. The van der Waals surface area contributed by atoms with Crippen molar-refractivity contribution in [2.24, 2.45) is 11.5 Å². The van der Waals surface area contributed by atoms with Gasteiger partial charge in [-0.3, -0.25) is 0 Å². The lowest BCUT2D eigenvalue weighted by Crippen LogP contribution is -2.01. The fraction of sp³-hybridized carbons (Fsp3) is 1.00. The van der Waals surface area contributed by atoms with Crippen molar-refractivity contribution < 1.29 is 13.6 Å². The zero-order valence-corrected chi connectivity index (χ0v) is 9.38. The molecule has 0 rings (SSSR count). The summed E-state index contributed by atoms with van der Waals surface area (Å²) in [7, 11) is -1.95. The van der Waals surface area contributed by atoms with E-state index >= 15 is 0 Å². The van der Waals surface area contributed by atoms with Gasteiger partial charge in [0.25, 0.3) is 0 Å². The predicted octanol–water partition coefficient (Wildman–Crippen LogP) is 1.15. The van der Waals surface area contributed by atoms with Gasteiger partial charge >= 0.3 is 8.25 Å². The lowest BCUT2D eigenvalue weighted by Gasteiger charge is -1.93. The van der Waals surface area contributed by atoms with E-state index < -0.39 is 8.25 Å². The van der Waals surface area contributed by atoms with Crippen LogP contribution in [0.5, 0.6) is 0 Å². The van der Waals surface area contributed by atoms with Crippen molar-refractivity contribution in [3.8, 4) is 0 Å². The third-order valence-electron chi connectivity index (χ3n) is 1.59. The van der Waals surface area contributed by atoms with Crippen molar-refractivity contribution >= 4 is 8.25 Å². The largest absolute Gasteiger partial charge is 0.697 e. The van der Waals surface area contributed by atoms with Crippen molar-refractivity contribution in [2.45, 2.75) is 25.7 Å². The average Bonchev–Trinajstić information content (AvgIpc) is 2.19. The van der Waals surface area contributed by atoms with Crippen LogP contribution in [0.3, 0.4) is 0 Å². The van der Waals surface area contributed by atoms with Crippen LogP contribution in [0.4, 0.5) is 0 Å². The molecule has 4 N–H and O–H groups in total. The highest BCUT2D eigenvalue weighted by atomic mass is 31.1. The van der Waals surface area contributed by atoms with E-state index in [0.29, 0.717) is 26.3 Å². The van der Waals surface area contributed by atoms with Crippen LogP contribution >= 0.6 is 8.25 Å². The van der Waals surface area contributed by atoms with Crippen LogP contribution in [0.2, 0.25) is 0 Å². The second-order valence-electron chi connectivity index (χ2n) is 2.88. The van der Waals surface area contributed by atoms with Gasteiger partial charge in [-0.2, -0.15) is 0 Å². The van der Waals surface area contributed by atoms with Crippen molar-refractivity contribution in [1.29, 1.82) is 0 Å². The van der Waals surface area contributed by atoms with E-state index in [1.165, 1.54) is 0 Å². The minimum absolute atomic E-state index is 0.448. The van der Waals surface area contributed by atoms with Gasteiger partial charge in [0.15, 0.2) is 0 Å². The van der Waals surface area contributed by atoms with Crippen LogP contribution in [0.1, 0.15) is 25.7 Å². The van der Waals surface area contributed by atoms with Crippen LogP contribution < -0.4 is 11.5 Å². The molecule has 0 radical (unpaired) electrons. The Balaban J connectivity index is 3.11. The third-order valence-corrected chi connectivity index (χ3v) is 2.38. The molecule has 14 heavy (non-hydrogen) atoms. The van der Waals surface area contributed by atoms with Crippen LogP contribution in [-0.4, -0.2) is 26.3 Å². The molecule has 0 aromatic heterocycles. The topological polar surface area (TPSA) is 87.6 Å². The Morgan fingerprint density at radius 2 is 1.29 bits per heavy atom. The summed E-state index contributed by atoms with van der Waals surface area (Å²) in [6.45, 7) is 2.17. The Hall–Kier alpha value is -0.0600. The maximum absolute atomic E-state index is 11.0. The van der Waals surface area contributed by atoms with E-state index in [0.717, 1.165) is 25.7 Å². The summed E-state index contributed by atoms with van der Waals surface area (Å²) in [5.74, 6) is 0. The van der Waals surface area contributed by atoms with Gasteiger partial charge in [0.1, 0.15) is 13.2 Å². The number of rotatable bonds is 10. The SMILES string of the molecule is NCCCCO[P+](=O)OCCCCN. The molecular formula is C8H20N2O3P+. The Labute approximate surface area is 86.1 Å². The summed E-state index contributed by atoms with van der Waals surface area (Å²) in [5, 5.41) is 0. The third kappa shape index (κ3) is 10.0. The molecule has 0 aliphatic heterocycles. The smallest absolute Gasteiger partial charge is 0.330 e. The Kier molecular flexibility index (Phi) is 11.0. The van der Waals surface area contributed by atoms with Crippen LogP contribution in [-0.2, 0) is 13.6 Å². The molecule has 5 nitrogen and oxygen atoms in total. The standard InChI is InChI=1S/C8H20N2O3P/c9-5-1-3-7-12-14(11)13-8-4-2-6-10/h1-10H2/q+1. The molecular weight excluding hydrogens is 203 g/mol. The predicted molar refractivity (Wildman–Crippen MR) is 56.1 cm³/mol. The van der Waals surface area contributed by atoms with Gasteiger partial charge < -0.3 is 11.5 Å². The summed E-state index contributed by atoms with van der Waals surface area (Å²) >= 11 is 0. The van der Waals surface area contributed by atoms with Gasteiger partial charge in [-0.1, -0.05) is 0 Å². The van der Waals surface area contributed by atoms with Gasteiger partial charge in [0.2, 0.25) is 0 Å². The Morgan fingerprint density at radius 3 is 1.64 bits per heavy atom. The summed E-state index contributed by atoms with van der Waals surface area (Å²) in [6, 6.07) is 0. The van der Waals surface area contributed by atoms with Crippen molar-refractivity contribution in [1.82, 2.24) is 0 Å². The lowest BCUT2D eigenvalue weighted by atomic mass is 10.3. The first kappa shape index (κ1) is 13.9. The maximum atomic E-state index is 11.0. The molecule has 0 spiro atoms. The van der Waals surface area contributed by atoms with E-state index in [4.69, 9.17) is 20.5 Å². The molecule has 0 saturated carbocycles. The van der Waals surface area contributed by atoms with E-state index in [2.05, 4.69) is 0 Å². The first-order valence-corrected chi connectivity index (χ1v) is 6.04. The number of hydrogen-bond donors (Lipinski definition) is 2. The lowest BCUT2D eigenvalue weighted by molar-refractivity contribution is 0.220. The minimum atomic E-state index is -1.95. The highest BCUT2D eigenvalue weighted by Crippen LogP contribution is 2.24. The Bertz CT molecular complexity index is 133. The van der Waals surface area contributed by atoms with Crippen LogP contribution in [0, 0.1) is 0 Å². The molecule has 84 valence electrons. The van der Waals surface area contributed by atoms with Crippen LogP contribution in [0.25, 0.3) is 0 Å². The van der Waals surface area contributed by atoms with Gasteiger partial charge in [-0.05, 0) is 38.8 Å². The summed E-state index contributed by atoms with van der Waals surface area (Å²) in [4.78, 5) is 0. The molecule has 0 atom stereocenters. The average molecular weight is 223 g/mol. The fourth-order valence-corrected chi connectivity index (χ4v) is 1.44. The van der Waals surface area contributed by atoms with Gasteiger partial charge in [-0.25, -0.2) is 0 Å². The second-order valence-corrected chi connectivity index (χ2v) is 3.85. The Morgan fingerprint density at radius 1 is 0.857 bits per heavy atom. The first-order valence-electron chi connectivity index (χ1n) is 4.94. The van der Waals surface area contributed by atoms with Gasteiger partial charge in [-0.15, -0.1) is 9.05 Å². The molecule has 0 aromatic rings. The fourth-order valence-electron chi connectivity index (χ4n) is 0.808. The quantitative estimate of drug-likeness (QED) is 0.428. The van der Waals surface area contributed by atoms with E-state index in [-0.39, 0.29) is 0 Å². The summed E-state index contributed by atoms with van der Waals surface area (Å²) in [6.07, 6.45) is 3.42. The highest BCUT2D eigenvalue weighted by Gasteiger charge is 2.18. The molecule has 0 aliphatic carbocycles. The number of unbranched alkanes of at least 4 members (excludes halogenated alkanes) is 2. The molecule has 0 aromatic carbocycles. The second kappa shape index (κ2) is 11.0. The van der Waals surface area contributed by atoms with Gasteiger partial charge in [0, 0.05) is 4.57 Å². The van der Waals surface area contributed by atoms with E-state index in [9.17, 15) is 4.57 Å². The van der Waals surface area contributed by atoms with Crippen LogP contribution in [0.15, 0.2) is 0 Å². The zero-order valence-electron chi connectivity index (χ0n) is 8.48. The van der Waals surface area contributed by atoms with Crippen molar-refractivity contribution in [3.63, 3.8) is 0 Å². The molecule has 0 fully saturated rings. The minimum Gasteiger partial charge on any atom is -0.330 e. The van der Waals surface area contributed by atoms with E-state index in [1.54, 1.807) is 0 Å². The summed E-state index contributed by atoms with van der Waals surface area (Å²) in [5.41, 5.74) is 10.6. The normalized spacial score (nSPS) is 10.4. The molecule has 0 aliphatic rings. The highest BCUT2D eigenvalue weighted by molar-refractivity contribution is 7.33. The van der Waals surface area contributed by atoms with Crippen molar-refractivity contribution in [3.05, 3.63) is 0 Å². The number of hydrogen-bond acceptors (Lipinski definition) is 5. The molecule has 6 heteroatoms.